The Bertz CT molecular complexity index is 1130. The maximum atomic E-state index is 12.7. The highest BCUT2D eigenvalue weighted by Crippen LogP contribution is 2.14. The van der Waals surface area contributed by atoms with Gasteiger partial charge >= 0.3 is 0 Å². The Balaban J connectivity index is 1.59. The van der Waals surface area contributed by atoms with Crippen molar-refractivity contribution in [1.29, 1.82) is 0 Å². The van der Waals surface area contributed by atoms with Crippen LogP contribution in [0.3, 0.4) is 0 Å². The Morgan fingerprint density at radius 3 is 2.59 bits per heavy atom. The number of hydrazine groups is 1. The molecule has 1 atom stereocenters. The van der Waals surface area contributed by atoms with Crippen molar-refractivity contribution in [3.8, 4) is 0 Å². The molecule has 0 aliphatic heterocycles. The van der Waals surface area contributed by atoms with E-state index in [9.17, 15) is 14.4 Å². The quantitative estimate of drug-likeness (QED) is 0.453. The van der Waals surface area contributed by atoms with Crippen LogP contribution in [0.2, 0.25) is 0 Å². The van der Waals surface area contributed by atoms with Gasteiger partial charge in [0.2, 0.25) is 5.91 Å². The molecule has 3 N–H and O–H groups in total. The second kappa shape index (κ2) is 10.8. The van der Waals surface area contributed by atoms with Crippen molar-refractivity contribution in [2.24, 2.45) is 7.05 Å². The number of benzene rings is 2. The van der Waals surface area contributed by atoms with Gasteiger partial charge in [-0.3, -0.25) is 25.2 Å². The molecule has 3 rings (SSSR count). The van der Waals surface area contributed by atoms with E-state index in [0.29, 0.717) is 23.6 Å². The first kappa shape index (κ1) is 23.3. The van der Waals surface area contributed by atoms with Crippen LogP contribution in [-0.2, 0) is 23.1 Å². The molecule has 1 heterocycles. The zero-order valence-corrected chi connectivity index (χ0v) is 19.2. The predicted molar refractivity (Wildman–Crippen MR) is 126 cm³/mol. The summed E-state index contributed by atoms with van der Waals surface area (Å²) in [5.41, 5.74) is 8.03. The molecule has 0 bridgehead atoms. The summed E-state index contributed by atoms with van der Waals surface area (Å²) in [5, 5.41) is 2.76. The smallest absolute Gasteiger partial charge is 0.260 e. The average molecular weight is 454 g/mol. The Hall–Kier alpha value is -3.33. The fourth-order valence-electron chi connectivity index (χ4n) is 3.29. The van der Waals surface area contributed by atoms with Gasteiger partial charge in [-0.25, -0.2) is 4.98 Å². The average Bonchev–Trinajstić information content (AvgIpc) is 3.10. The van der Waals surface area contributed by atoms with Gasteiger partial charge in [0.15, 0.2) is 0 Å². The van der Waals surface area contributed by atoms with Crippen LogP contribution >= 0.6 is 11.8 Å². The van der Waals surface area contributed by atoms with Gasteiger partial charge in [0.1, 0.15) is 11.9 Å². The molecular formula is C23H27N5O3S. The van der Waals surface area contributed by atoms with Crippen molar-refractivity contribution in [3.63, 3.8) is 0 Å². The first-order valence-electron chi connectivity index (χ1n) is 10.2. The number of fused-ring (bicyclic) bond motifs is 1. The number of aryl methyl sites for hydroxylation is 2. The summed E-state index contributed by atoms with van der Waals surface area (Å²) >= 11 is 1.57. The number of nitrogens with zero attached hydrogens (tertiary/aromatic N) is 2. The molecule has 0 fully saturated rings. The van der Waals surface area contributed by atoms with Gasteiger partial charge in [0.25, 0.3) is 11.8 Å². The third kappa shape index (κ3) is 5.88. The number of carbonyl (C=O) groups is 3. The minimum atomic E-state index is -0.772. The molecule has 0 spiro atoms. The summed E-state index contributed by atoms with van der Waals surface area (Å²) in [4.78, 5) is 42.1. The molecule has 0 aliphatic carbocycles. The van der Waals surface area contributed by atoms with E-state index in [1.54, 1.807) is 30.0 Å². The number of amides is 3. The van der Waals surface area contributed by atoms with Gasteiger partial charge < -0.3 is 9.88 Å². The molecule has 0 aliphatic rings. The van der Waals surface area contributed by atoms with Crippen LogP contribution in [0.5, 0.6) is 0 Å². The number of carbonyl (C=O) groups excluding carboxylic acids is 3. The Labute approximate surface area is 191 Å². The van der Waals surface area contributed by atoms with Gasteiger partial charge in [0.05, 0.1) is 17.5 Å². The third-order valence-electron chi connectivity index (χ3n) is 5.04. The number of aromatic nitrogens is 2. The number of hydrogen-bond acceptors (Lipinski definition) is 5. The summed E-state index contributed by atoms with van der Waals surface area (Å²) in [5.74, 6) is 0.0642. The summed E-state index contributed by atoms with van der Waals surface area (Å²) in [7, 11) is 1.84. The third-order valence-corrected chi connectivity index (χ3v) is 5.68. The molecule has 2 aromatic carbocycles. The largest absolute Gasteiger partial charge is 0.340 e. The molecule has 9 heteroatoms. The van der Waals surface area contributed by atoms with Gasteiger partial charge in [-0.05, 0) is 49.6 Å². The highest BCUT2D eigenvalue weighted by Gasteiger charge is 2.22. The van der Waals surface area contributed by atoms with E-state index in [1.165, 1.54) is 0 Å². The first-order valence-corrected chi connectivity index (χ1v) is 11.6. The summed E-state index contributed by atoms with van der Waals surface area (Å²) < 4.78 is 1.85. The number of hydrogen-bond donors (Lipinski definition) is 3. The molecule has 168 valence electrons. The van der Waals surface area contributed by atoms with E-state index in [-0.39, 0.29) is 12.3 Å². The zero-order valence-electron chi connectivity index (χ0n) is 18.3. The maximum Gasteiger partial charge on any atom is 0.260 e. The number of para-hydroxylation sites is 2. The first-order chi connectivity index (χ1) is 15.4. The molecular weight excluding hydrogens is 426 g/mol. The van der Waals surface area contributed by atoms with Crippen molar-refractivity contribution in [1.82, 2.24) is 25.7 Å². The van der Waals surface area contributed by atoms with Crippen molar-refractivity contribution < 1.29 is 14.4 Å². The van der Waals surface area contributed by atoms with E-state index in [2.05, 4.69) is 21.2 Å². The lowest BCUT2D eigenvalue weighted by Crippen LogP contribution is -2.52. The molecule has 8 nitrogen and oxygen atoms in total. The van der Waals surface area contributed by atoms with E-state index in [0.717, 1.165) is 16.6 Å². The van der Waals surface area contributed by atoms with Crippen molar-refractivity contribution in [3.05, 3.63) is 65.5 Å². The molecule has 3 aromatic rings. The van der Waals surface area contributed by atoms with E-state index < -0.39 is 17.9 Å². The van der Waals surface area contributed by atoms with Crippen LogP contribution in [0, 0.1) is 6.92 Å². The topological polar surface area (TPSA) is 105 Å². The van der Waals surface area contributed by atoms with Crippen LogP contribution < -0.4 is 16.2 Å². The van der Waals surface area contributed by atoms with Gasteiger partial charge in [-0.1, -0.05) is 29.8 Å². The maximum absolute atomic E-state index is 12.7. The standard InChI is InChI=1S/C23H27N5O3S/c1-15-7-6-8-16(13-15)22(30)25-18(11-12-32-3)23(31)27-26-21(29)14-20-24-17-9-4-5-10-19(17)28(20)2/h4-10,13,18H,11-12,14H2,1-3H3,(H,25,30)(H,26,29)(H,27,31)/t18-/m1/s1. The minimum absolute atomic E-state index is 0.0105. The van der Waals surface area contributed by atoms with Crippen molar-refractivity contribution in [2.45, 2.75) is 25.8 Å². The minimum Gasteiger partial charge on any atom is -0.340 e. The molecule has 32 heavy (non-hydrogen) atoms. The Kier molecular flexibility index (Phi) is 7.88. The number of imidazole rings is 1. The molecule has 0 saturated heterocycles. The number of nitrogens with one attached hydrogen (secondary N) is 3. The molecule has 3 amide bonds. The number of thioether (sulfide) groups is 1. The van der Waals surface area contributed by atoms with Gasteiger partial charge in [0, 0.05) is 12.6 Å². The van der Waals surface area contributed by atoms with Gasteiger partial charge in [-0.2, -0.15) is 11.8 Å². The second-order valence-electron chi connectivity index (χ2n) is 7.47. The van der Waals surface area contributed by atoms with Crippen LogP contribution in [-0.4, -0.2) is 45.3 Å². The fourth-order valence-corrected chi connectivity index (χ4v) is 3.76. The highest BCUT2D eigenvalue weighted by atomic mass is 32.2. The summed E-state index contributed by atoms with van der Waals surface area (Å²) in [6.07, 6.45) is 2.37. The van der Waals surface area contributed by atoms with Crippen LogP contribution in [0.15, 0.2) is 48.5 Å². The van der Waals surface area contributed by atoms with Crippen LogP contribution in [0.1, 0.15) is 28.2 Å². The lowest BCUT2D eigenvalue weighted by molar-refractivity contribution is -0.129. The molecule has 0 saturated carbocycles. The zero-order chi connectivity index (χ0) is 23.1. The van der Waals surface area contributed by atoms with Crippen LogP contribution in [0.4, 0.5) is 0 Å². The highest BCUT2D eigenvalue weighted by molar-refractivity contribution is 7.98. The normalized spacial score (nSPS) is 11.7. The van der Waals surface area contributed by atoms with Crippen LogP contribution in [0.25, 0.3) is 11.0 Å². The predicted octanol–water partition coefficient (Wildman–Crippen LogP) is 2.12. The second-order valence-corrected chi connectivity index (χ2v) is 8.45. The van der Waals surface area contributed by atoms with Crippen molar-refractivity contribution in [2.75, 3.05) is 12.0 Å². The molecule has 0 radical (unpaired) electrons. The van der Waals surface area contributed by atoms with Gasteiger partial charge in [-0.15, -0.1) is 0 Å². The Morgan fingerprint density at radius 2 is 1.88 bits per heavy atom. The molecule has 1 aromatic heterocycles. The Morgan fingerprint density at radius 1 is 1.09 bits per heavy atom. The van der Waals surface area contributed by atoms with E-state index >= 15 is 0 Å². The lowest BCUT2D eigenvalue weighted by atomic mass is 10.1. The summed E-state index contributed by atoms with van der Waals surface area (Å²) in [6, 6.07) is 14.0. The van der Waals surface area contributed by atoms with E-state index in [1.807, 2.05) is 55.1 Å². The summed E-state index contributed by atoms with van der Waals surface area (Å²) in [6.45, 7) is 1.90. The fraction of sp³-hybridized carbons (Fsp3) is 0.304. The monoisotopic (exact) mass is 453 g/mol. The lowest BCUT2D eigenvalue weighted by Gasteiger charge is -2.18. The van der Waals surface area contributed by atoms with Crippen molar-refractivity contribution >= 4 is 40.5 Å². The number of rotatable bonds is 8. The SMILES string of the molecule is CSCC[C@@H](NC(=O)c1cccc(C)c1)C(=O)NNC(=O)Cc1nc2ccccc2n1C. The molecule has 0 unspecified atom stereocenters. The van der Waals surface area contributed by atoms with E-state index in [4.69, 9.17) is 0 Å².